The highest BCUT2D eigenvalue weighted by molar-refractivity contribution is 6.09. The molecular formula is C26H28N4O. The molecule has 0 saturated carbocycles. The molecule has 3 N–H and O–H groups in total. The van der Waals surface area contributed by atoms with E-state index in [1.807, 2.05) is 72.8 Å². The average molecular weight is 413 g/mol. The zero-order valence-electron chi connectivity index (χ0n) is 18.2. The molecule has 5 heteroatoms. The molecule has 4 rings (SSSR count). The molecule has 158 valence electrons. The Morgan fingerprint density at radius 2 is 1.65 bits per heavy atom. The number of nitrogens with two attached hydrogens (primary N) is 1. The van der Waals surface area contributed by atoms with Gasteiger partial charge in [-0.2, -0.15) is 5.10 Å². The maximum Gasteiger partial charge on any atom is 0.273 e. The molecule has 0 bridgehead atoms. The summed E-state index contributed by atoms with van der Waals surface area (Å²) in [4.78, 5) is 13.4. The molecule has 0 atom stereocenters. The summed E-state index contributed by atoms with van der Waals surface area (Å²) in [5, 5.41) is 9.90. The third-order valence-electron chi connectivity index (χ3n) is 5.44. The number of fused-ring (bicyclic) bond motifs is 1. The standard InChI is InChI=1S/C26H28N4O/c1-26(2,3)24-15-23(30(29-24)17-18-9-5-4-6-10-18)25(31)28-22-14-13-19(16-27)20-11-7-8-12-21(20)22/h4-15H,16-17,27H2,1-3H3,(H,28,31). The second-order valence-electron chi connectivity index (χ2n) is 8.78. The lowest BCUT2D eigenvalue weighted by molar-refractivity contribution is 0.101. The van der Waals surface area contributed by atoms with Crippen LogP contribution in [0.5, 0.6) is 0 Å². The minimum atomic E-state index is -0.176. The number of nitrogens with zero attached hydrogens (tertiary/aromatic N) is 2. The van der Waals surface area contributed by atoms with Crippen LogP contribution < -0.4 is 11.1 Å². The first-order chi connectivity index (χ1) is 14.9. The van der Waals surface area contributed by atoms with Crippen LogP contribution in [0.1, 0.15) is 48.1 Å². The zero-order valence-corrected chi connectivity index (χ0v) is 18.2. The molecule has 0 saturated heterocycles. The predicted octanol–water partition coefficient (Wildman–Crippen LogP) is 5.09. The molecule has 1 heterocycles. The SMILES string of the molecule is CC(C)(C)c1cc(C(=O)Nc2ccc(CN)c3ccccc23)n(Cc2ccccc2)n1. The second kappa shape index (κ2) is 8.36. The fourth-order valence-electron chi connectivity index (χ4n) is 3.68. The van der Waals surface area contributed by atoms with Crippen molar-refractivity contribution in [1.29, 1.82) is 0 Å². The van der Waals surface area contributed by atoms with Gasteiger partial charge in [0, 0.05) is 23.0 Å². The van der Waals surface area contributed by atoms with Gasteiger partial charge >= 0.3 is 0 Å². The number of amides is 1. The average Bonchev–Trinajstić information content (AvgIpc) is 3.19. The molecule has 1 amide bonds. The molecule has 0 unspecified atom stereocenters. The van der Waals surface area contributed by atoms with Crippen molar-refractivity contribution in [3.8, 4) is 0 Å². The molecule has 1 aromatic heterocycles. The van der Waals surface area contributed by atoms with Crippen molar-refractivity contribution in [2.45, 2.75) is 39.3 Å². The second-order valence-corrected chi connectivity index (χ2v) is 8.78. The Hall–Kier alpha value is -3.44. The van der Waals surface area contributed by atoms with Crippen LogP contribution in [0.2, 0.25) is 0 Å². The number of carbonyl (C=O) groups is 1. The van der Waals surface area contributed by atoms with Gasteiger partial charge in [0.1, 0.15) is 5.69 Å². The smallest absolute Gasteiger partial charge is 0.273 e. The number of hydrogen-bond donors (Lipinski definition) is 2. The normalized spacial score (nSPS) is 11.6. The number of aromatic nitrogens is 2. The minimum Gasteiger partial charge on any atom is -0.326 e. The highest BCUT2D eigenvalue weighted by Gasteiger charge is 2.23. The van der Waals surface area contributed by atoms with E-state index in [0.29, 0.717) is 18.8 Å². The fraction of sp³-hybridized carbons (Fsp3) is 0.231. The number of carbonyl (C=O) groups excluding carboxylic acids is 1. The van der Waals surface area contributed by atoms with Crippen molar-refractivity contribution >= 4 is 22.4 Å². The molecule has 0 aliphatic carbocycles. The van der Waals surface area contributed by atoms with E-state index < -0.39 is 0 Å². The summed E-state index contributed by atoms with van der Waals surface area (Å²) >= 11 is 0. The third kappa shape index (κ3) is 4.37. The van der Waals surface area contributed by atoms with E-state index in [4.69, 9.17) is 10.8 Å². The first-order valence-corrected chi connectivity index (χ1v) is 10.5. The molecule has 0 radical (unpaired) electrons. The van der Waals surface area contributed by atoms with E-state index >= 15 is 0 Å². The summed E-state index contributed by atoms with van der Waals surface area (Å²) in [6.07, 6.45) is 0. The number of nitrogens with one attached hydrogen (secondary N) is 1. The van der Waals surface area contributed by atoms with Gasteiger partial charge < -0.3 is 11.1 Å². The lowest BCUT2D eigenvalue weighted by Gasteiger charge is -2.14. The topological polar surface area (TPSA) is 72.9 Å². The monoisotopic (exact) mass is 412 g/mol. The Kier molecular flexibility index (Phi) is 5.61. The van der Waals surface area contributed by atoms with Crippen LogP contribution in [0.3, 0.4) is 0 Å². The van der Waals surface area contributed by atoms with E-state index in [1.54, 1.807) is 4.68 Å². The van der Waals surface area contributed by atoms with Crippen molar-refractivity contribution in [2.75, 3.05) is 5.32 Å². The molecule has 5 nitrogen and oxygen atoms in total. The Labute approximate surface area is 182 Å². The summed E-state index contributed by atoms with van der Waals surface area (Å²) in [6, 6.07) is 23.8. The first kappa shape index (κ1) is 20.8. The summed E-state index contributed by atoms with van der Waals surface area (Å²) in [5.41, 5.74) is 10.1. The summed E-state index contributed by atoms with van der Waals surface area (Å²) in [5.74, 6) is -0.176. The number of hydrogen-bond acceptors (Lipinski definition) is 3. The molecule has 4 aromatic rings. The third-order valence-corrected chi connectivity index (χ3v) is 5.44. The van der Waals surface area contributed by atoms with Crippen molar-refractivity contribution in [3.63, 3.8) is 0 Å². The van der Waals surface area contributed by atoms with E-state index in [-0.39, 0.29) is 11.3 Å². The largest absolute Gasteiger partial charge is 0.326 e. The zero-order chi connectivity index (χ0) is 22.0. The number of benzene rings is 3. The van der Waals surface area contributed by atoms with Gasteiger partial charge in [-0.25, -0.2) is 0 Å². The van der Waals surface area contributed by atoms with Crippen molar-refractivity contribution < 1.29 is 4.79 Å². The van der Waals surface area contributed by atoms with E-state index in [0.717, 1.165) is 33.3 Å². The molecule has 31 heavy (non-hydrogen) atoms. The summed E-state index contributed by atoms with van der Waals surface area (Å²) in [7, 11) is 0. The number of rotatable bonds is 5. The molecule has 0 fully saturated rings. The van der Waals surface area contributed by atoms with Gasteiger partial charge in [0.2, 0.25) is 0 Å². The van der Waals surface area contributed by atoms with Crippen LogP contribution in [-0.2, 0) is 18.5 Å². The summed E-state index contributed by atoms with van der Waals surface area (Å²) in [6.45, 7) is 7.29. The molecule has 0 aliphatic heterocycles. The van der Waals surface area contributed by atoms with E-state index in [9.17, 15) is 4.79 Å². The molecule has 0 spiro atoms. The van der Waals surface area contributed by atoms with Gasteiger partial charge in [-0.15, -0.1) is 0 Å². The predicted molar refractivity (Wildman–Crippen MR) is 126 cm³/mol. The van der Waals surface area contributed by atoms with Gasteiger partial charge in [-0.3, -0.25) is 9.48 Å². The minimum absolute atomic E-state index is 0.160. The maximum atomic E-state index is 13.4. The molecule has 3 aromatic carbocycles. The Balaban J connectivity index is 1.72. The maximum absolute atomic E-state index is 13.4. The van der Waals surface area contributed by atoms with E-state index in [2.05, 4.69) is 26.1 Å². The Morgan fingerprint density at radius 1 is 0.968 bits per heavy atom. The Morgan fingerprint density at radius 3 is 2.32 bits per heavy atom. The quantitative estimate of drug-likeness (QED) is 0.479. The first-order valence-electron chi connectivity index (χ1n) is 10.5. The van der Waals surface area contributed by atoms with Crippen LogP contribution in [0, 0.1) is 0 Å². The van der Waals surface area contributed by atoms with Crippen LogP contribution in [-0.4, -0.2) is 15.7 Å². The fourth-order valence-corrected chi connectivity index (χ4v) is 3.68. The van der Waals surface area contributed by atoms with Crippen LogP contribution in [0.25, 0.3) is 10.8 Å². The van der Waals surface area contributed by atoms with Crippen molar-refractivity contribution in [3.05, 3.63) is 95.3 Å². The Bertz CT molecular complexity index is 1220. The molecule has 0 aliphatic rings. The lowest BCUT2D eigenvalue weighted by atomic mass is 9.92. The van der Waals surface area contributed by atoms with Gasteiger partial charge in [0.15, 0.2) is 0 Å². The van der Waals surface area contributed by atoms with Crippen molar-refractivity contribution in [1.82, 2.24) is 9.78 Å². The molecular weight excluding hydrogens is 384 g/mol. The van der Waals surface area contributed by atoms with Crippen molar-refractivity contribution in [2.24, 2.45) is 5.73 Å². The van der Waals surface area contributed by atoms with Crippen LogP contribution in [0.15, 0.2) is 72.8 Å². The van der Waals surface area contributed by atoms with Gasteiger partial charge in [0.25, 0.3) is 5.91 Å². The number of anilines is 1. The van der Waals surface area contributed by atoms with Gasteiger partial charge in [-0.1, -0.05) is 81.4 Å². The lowest BCUT2D eigenvalue weighted by Crippen LogP contribution is -2.18. The summed E-state index contributed by atoms with van der Waals surface area (Å²) < 4.78 is 1.79. The van der Waals surface area contributed by atoms with Crippen LogP contribution >= 0.6 is 0 Å². The van der Waals surface area contributed by atoms with Gasteiger partial charge in [0.05, 0.1) is 12.2 Å². The van der Waals surface area contributed by atoms with Gasteiger partial charge in [-0.05, 0) is 28.6 Å². The highest BCUT2D eigenvalue weighted by atomic mass is 16.2. The van der Waals surface area contributed by atoms with E-state index in [1.165, 1.54) is 0 Å². The highest BCUT2D eigenvalue weighted by Crippen LogP contribution is 2.28. The van der Waals surface area contributed by atoms with Crippen LogP contribution in [0.4, 0.5) is 5.69 Å².